The quantitative estimate of drug-likeness (QED) is 0.710. The molecule has 0 saturated heterocycles. The Morgan fingerprint density at radius 2 is 1.89 bits per heavy atom. The van der Waals surface area contributed by atoms with Gasteiger partial charge >= 0.3 is 5.97 Å². The van der Waals surface area contributed by atoms with Crippen LogP contribution in [-0.4, -0.2) is 23.3 Å². The molecule has 1 aromatic rings. The van der Waals surface area contributed by atoms with Gasteiger partial charge in [-0.15, -0.1) is 0 Å². The molecule has 0 aliphatic rings. The van der Waals surface area contributed by atoms with Gasteiger partial charge in [0.05, 0.1) is 12.5 Å². The third kappa shape index (κ3) is 4.47. The maximum absolute atomic E-state index is 12.1. The van der Waals surface area contributed by atoms with Gasteiger partial charge in [0.25, 0.3) is 0 Å². The number of rotatable bonds is 7. The van der Waals surface area contributed by atoms with Crippen molar-refractivity contribution in [3.8, 4) is 0 Å². The van der Waals surface area contributed by atoms with E-state index in [0.717, 1.165) is 5.56 Å². The van der Waals surface area contributed by atoms with Crippen LogP contribution in [0.5, 0.6) is 0 Å². The summed E-state index contributed by atoms with van der Waals surface area (Å²) < 4.78 is 4.99. The molecule has 4 nitrogen and oxygen atoms in total. The molecule has 0 aliphatic carbocycles. The van der Waals surface area contributed by atoms with Crippen molar-refractivity contribution in [3.05, 3.63) is 30.1 Å². The fourth-order valence-corrected chi connectivity index (χ4v) is 2.03. The first kappa shape index (κ1) is 15.3. The number of carbonyl (C=O) groups is 2. The van der Waals surface area contributed by atoms with Gasteiger partial charge in [-0.25, -0.2) is 0 Å². The van der Waals surface area contributed by atoms with Gasteiger partial charge in [-0.3, -0.25) is 14.6 Å². The predicted molar refractivity (Wildman–Crippen MR) is 72.7 cm³/mol. The average molecular weight is 263 g/mol. The lowest BCUT2D eigenvalue weighted by Crippen LogP contribution is -2.21. The van der Waals surface area contributed by atoms with Crippen LogP contribution in [0.1, 0.15) is 45.1 Å². The molecule has 104 valence electrons. The highest BCUT2D eigenvalue weighted by atomic mass is 16.5. The van der Waals surface area contributed by atoms with Gasteiger partial charge in [-0.1, -0.05) is 13.8 Å². The second-order valence-corrected chi connectivity index (χ2v) is 4.54. The zero-order chi connectivity index (χ0) is 14.3. The summed E-state index contributed by atoms with van der Waals surface area (Å²) in [7, 11) is 0. The number of ether oxygens (including phenoxy) is 1. The van der Waals surface area contributed by atoms with E-state index in [2.05, 4.69) is 4.98 Å². The molecular formula is C15H21NO3. The number of hydrogen-bond acceptors (Lipinski definition) is 4. The Hall–Kier alpha value is -1.71. The maximum Gasteiger partial charge on any atom is 0.308 e. The van der Waals surface area contributed by atoms with Crippen molar-refractivity contribution in [2.24, 2.45) is 5.92 Å². The van der Waals surface area contributed by atoms with E-state index >= 15 is 0 Å². The molecule has 0 aliphatic heterocycles. The van der Waals surface area contributed by atoms with E-state index in [1.165, 1.54) is 0 Å². The largest absolute Gasteiger partial charge is 0.466 e. The molecule has 1 rings (SSSR count). The van der Waals surface area contributed by atoms with E-state index < -0.39 is 0 Å². The summed E-state index contributed by atoms with van der Waals surface area (Å²) in [4.78, 5) is 27.7. The second-order valence-electron chi connectivity index (χ2n) is 4.54. The molecule has 0 spiro atoms. The van der Waals surface area contributed by atoms with E-state index in [9.17, 15) is 9.59 Å². The summed E-state index contributed by atoms with van der Waals surface area (Å²) in [5, 5.41) is 0. The zero-order valence-electron chi connectivity index (χ0n) is 11.8. The lowest BCUT2D eigenvalue weighted by atomic mass is 9.86. The number of hydrogen-bond donors (Lipinski definition) is 0. The summed E-state index contributed by atoms with van der Waals surface area (Å²) in [6.45, 7) is 5.79. The highest BCUT2D eigenvalue weighted by Gasteiger charge is 2.25. The van der Waals surface area contributed by atoms with Crippen LogP contribution in [0.15, 0.2) is 24.5 Å². The van der Waals surface area contributed by atoms with Crippen molar-refractivity contribution < 1.29 is 14.3 Å². The Morgan fingerprint density at radius 1 is 1.26 bits per heavy atom. The first-order valence-electron chi connectivity index (χ1n) is 6.69. The van der Waals surface area contributed by atoms with E-state index in [1.54, 1.807) is 26.2 Å². The van der Waals surface area contributed by atoms with Crippen LogP contribution >= 0.6 is 0 Å². The molecule has 2 unspecified atom stereocenters. The molecule has 19 heavy (non-hydrogen) atoms. The fourth-order valence-electron chi connectivity index (χ4n) is 2.03. The number of nitrogens with zero attached hydrogens (tertiary/aromatic N) is 1. The number of aromatic nitrogens is 1. The van der Waals surface area contributed by atoms with Gasteiger partial charge in [0.15, 0.2) is 0 Å². The molecule has 0 N–H and O–H groups in total. The van der Waals surface area contributed by atoms with Crippen LogP contribution in [0.2, 0.25) is 0 Å². The highest BCUT2D eigenvalue weighted by Crippen LogP contribution is 2.26. The van der Waals surface area contributed by atoms with Gasteiger partial charge in [-0.2, -0.15) is 0 Å². The minimum atomic E-state index is -0.284. The molecule has 4 heteroatoms. The molecular weight excluding hydrogens is 242 g/mol. The lowest BCUT2D eigenvalue weighted by Gasteiger charge is -2.19. The Labute approximate surface area is 114 Å². The van der Waals surface area contributed by atoms with E-state index in [1.807, 2.05) is 19.1 Å². The van der Waals surface area contributed by atoms with E-state index in [4.69, 9.17) is 4.74 Å². The van der Waals surface area contributed by atoms with E-state index in [0.29, 0.717) is 19.4 Å². The summed E-state index contributed by atoms with van der Waals surface area (Å²) in [6.07, 6.45) is 4.28. The molecule has 0 aromatic carbocycles. The third-order valence-electron chi connectivity index (χ3n) is 3.12. The Morgan fingerprint density at radius 3 is 2.42 bits per heavy atom. The fraction of sp³-hybridized carbons (Fsp3) is 0.533. The number of carbonyl (C=O) groups excluding carboxylic acids is 2. The van der Waals surface area contributed by atoms with Crippen LogP contribution in [0, 0.1) is 5.92 Å². The molecule has 0 saturated carbocycles. The van der Waals surface area contributed by atoms with Gasteiger partial charge in [0, 0.05) is 24.7 Å². The summed E-state index contributed by atoms with van der Waals surface area (Å²) >= 11 is 0. The zero-order valence-corrected chi connectivity index (χ0v) is 11.8. The molecule has 0 bridgehead atoms. The monoisotopic (exact) mass is 263 g/mol. The predicted octanol–water partition coefficient (Wildman–Crippen LogP) is 2.73. The minimum absolute atomic E-state index is 0.141. The summed E-state index contributed by atoms with van der Waals surface area (Å²) in [6, 6.07) is 3.66. The molecule has 2 atom stereocenters. The van der Waals surface area contributed by atoms with Gasteiger partial charge in [0.1, 0.15) is 5.78 Å². The summed E-state index contributed by atoms with van der Waals surface area (Å²) in [5.41, 5.74) is 0.915. The Bertz CT molecular complexity index is 417. The first-order valence-corrected chi connectivity index (χ1v) is 6.69. The van der Waals surface area contributed by atoms with Crippen molar-refractivity contribution in [2.75, 3.05) is 6.61 Å². The van der Waals surface area contributed by atoms with Crippen molar-refractivity contribution in [1.82, 2.24) is 4.98 Å². The lowest BCUT2D eigenvalue weighted by molar-refractivity contribution is -0.147. The van der Waals surface area contributed by atoms with Crippen molar-refractivity contribution in [3.63, 3.8) is 0 Å². The first-order chi connectivity index (χ1) is 9.10. The highest BCUT2D eigenvalue weighted by molar-refractivity contribution is 5.86. The van der Waals surface area contributed by atoms with Crippen molar-refractivity contribution in [2.45, 2.75) is 39.5 Å². The Balaban J connectivity index is 2.82. The van der Waals surface area contributed by atoms with Crippen molar-refractivity contribution >= 4 is 11.8 Å². The van der Waals surface area contributed by atoms with Crippen LogP contribution in [-0.2, 0) is 14.3 Å². The number of esters is 1. The number of pyridine rings is 1. The van der Waals surface area contributed by atoms with Gasteiger partial charge < -0.3 is 4.74 Å². The smallest absolute Gasteiger partial charge is 0.308 e. The second kappa shape index (κ2) is 7.67. The third-order valence-corrected chi connectivity index (χ3v) is 3.12. The molecule has 0 amide bonds. The van der Waals surface area contributed by atoms with Crippen LogP contribution in [0.4, 0.5) is 0 Å². The Kier molecular flexibility index (Phi) is 6.19. The van der Waals surface area contributed by atoms with Crippen molar-refractivity contribution in [1.29, 1.82) is 0 Å². The molecule has 0 fully saturated rings. The SMILES string of the molecule is CCOC(=O)C(C)CC(C(=O)CC)c1ccncc1. The normalized spacial score (nSPS) is 13.6. The van der Waals surface area contributed by atoms with Crippen LogP contribution < -0.4 is 0 Å². The average Bonchev–Trinajstić information content (AvgIpc) is 2.44. The number of Topliss-reactive ketones (excluding diaryl/α,β-unsaturated/α-hetero) is 1. The van der Waals surface area contributed by atoms with Crippen LogP contribution in [0.3, 0.4) is 0 Å². The van der Waals surface area contributed by atoms with Gasteiger partial charge in [-0.05, 0) is 31.0 Å². The topological polar surface area (TPSA) is 56.3 Å². The minimum Gasteiger partial charge on any atom is -0.466 e. The maximum atomic E-state index is 12.1. The van der Waals surface area contributed by atoms with Crippen LogP contribution in [0.25, 0.3) is 0 Å². The van der Waals surface area contributed by atoms with E-state index in [-0.39, 0.29) is 23.6 Å². The van der Waals surface area contributed by atoms with Gasteiger partial charge in [0.2, 0.25) is 0 Å². The standard InChI is InChI=1S/C15H21NO3/c1-4-14(17)13(12-6-8-16-9-7-12)10-11(3)15(18)19-5-2/h6-9,11,13H,4-5,10H2,1-3H3. The molecule has 1 heterocycles. The molecule has 0 radical (unpaired) electrons. The number of ketones is 1. The molecule has 1 aromatic heterocycles. The summed E-state index contributed by atoms with van der Waals surface area (Å²) in [5.74, 6) is -0.645.